The van der Waals surface area contributed by atoms with E-state index in [1.807, 2.05) is 0 Å². The second-order valence-electron chi connectivity index (χ2n) is 4.24. The van der Waals surface area contributed by atoms with Crippen LogP contribution >= 0.6 is 0 Å². The van der Waals surface area contributed by atoms with Gasteiger partial charge >= 0.3 is 0 Å². The number of rotatable bonds is 5. The minimum atomic E-state index is -0.871. The van der Waals surface area contributed by atoms with Gasteiger partial charge in [0.05, 0.1) is 11.0 Å². The second kappa shape index (κ2) is 5.66. The zero-order valence-electron chi connectivity index (χ0n) is 11.1. The Morgan fingerprint density at radius 3 is 2.85 bits per heavy atom. The van der Waals surface area contributed by atoms with Gasteiger partial charge in [-0.05, 0) is 13.0 Å². The molecule has 0 unspecified atom stereocenters. The molecule has 2 aromatic rings. The average Bonchev–Trinajstić information content (AvgIpc) is 2.81. The number of non-ortho nitro benzene ring substituents is 1. The van der Waals surface area contributed by atoms with Gasteiger partial charge in [0.1, 0.15) is 18.7 Å². The van der Waals surface area contributed by atoms with E-state index >= 15 is 0 Å². The summed E-state index contributed by atoms with van der Waals surface area (Å²) in [6.07, 6.45) is 0.536. The lowest BCUT2D eigenvalue weighted by molar-refractivity contribution is -0.385. The zero-order valence-corrected chi connectivity index (χ0v) is 11.1. The van der Waals surface area contributed by atoms with Crippen LogP contribution in [0, 0.1) is 10.1 Å². The van der Waals surface area contributed by atoms with Gasteiger partial charge in [0.15, 0.2) is 5.82 Å². The van der Waals surface area contributed by atoms with Crippen molar-refractivity contribution in [3.63, 3.8) is 0 Å². The molecule has 0 fully saturated rings. The molecule has 20 heavy (non-hydrogen) atoms. The van der Waals surface area contributed by atoms with E-state index in [0.717, 1.165) is 0 Å². The van der Waals surface area contributed by atoms with Gasteiger partial charge in [-0.15, -0.1) is 0 Å². The van der Waals surface area contributed by atoms with E-state index in [-0.39, 0.29) is 12.3 Å². The number of aliphatic hydroxyl groups is 1. The number of nitro benzene ring substituents is 1. The highest BCUT2D eigenvalue weighted by Gasteiger charge is 2.16. The fraction of sp³-hybridized carbons (Fsp3) is 0.333. The summed E-state index contributed by atoms with van der Waals surface area (Å²) in [5.74, 6) is 0.994. The third-order valence-electron chi connectivity index (χ3n) is 2.82. The predicted molar refractivity (Wildman–Crippen MR) is 69.1 cm³/mol. The van der Waals surface area contributed by atoms with Crippen LogP contribution in [0.4, 0.5) is 5.69 Å². The summed E-state index contributed by atoms with van der Waals surface area (Å²) in [5, 5.41) is 24.3. The Morgan fingerprint density at radius 2 is 2.30 bits per heavy atom. The first kappa shape index (κ1) is 13.9. The molecule has 1 atom stereocenters. The van der Waals surface area contributed by atoms with E-state index in [9.17, 15) is 15.2 Å². The lowest BCUT2D eigenvalue weighted by atomic mass is 10.1. The lowest BCUT2D eigenvalue weighted by Crippen LogP contribution is -2.06. The molecule has 1 aromatic carbocycles. The highest BCUT2D eigenvalue weighted by Crippen LogP contribution is 2.29. The second-order valence-corrected chi connectivity index (χ2v) is 4.24. The first-order valence-corrected chi connectivity index (χ1v) is 5.91. The molecule has 0 bridgehead atoms. The van der Waals surface area contributed by atoms with Gasteiger partial charge < -0.3 is 9.84 Å². The number of nitrogens with zero attached hydrogens (tertiary/aromatic N) is 4. The molecular weight excluding hydrogens is 264 g/mol. The molecule has 1 aromatic heterocycles. The number of nitro groups is 1. The van der Waals surface area contributed by atoms with E-state index in [2.05, 4.69) is 10.1 Å². The molecule has 1 N–H and O–H groups in total. The van der Waals surface area contributed by atoms with Crippen molar-refractivity contribution in [3.8, 4) is 5.75 Å². The van der Waals surface area contributed by atoms with Crippen molar-refractivity contribution >= 4 is 5.69 Å². The lowest BCUT2D eigenvalue weighted by Gasteiger charge is -2.12. The summed E-state index contributed by atoms with van der Waals surface area (Å²) in [6, 6.07) is 4.10. The van der Waals surface area contributed by atoms with Crippen molar-refractivity contribution in [2.24, 2.45) is 7.05 Å². The number of ether oxygens (including phenoxy) is 1. The fourth-order valence-corrected chi connectivity index (χ4v) is 1.70. The molecule has 0 aliphatic heterocycles. The van der Waals surface area contributed by atoms with Crippen LogP contribution in [0.1, 0.15) is 24.4 Å². The minimum Gasteiger partial charge on any atom is -0.485 e. The third-order valence-corrected chi connectivity index (χ3v) is 2.82. The van der Waals surface area contributed by atoms with Gasteiger partial charge in [0.25, 0.3) is 5.69 Å². The van der Waals surface area contributed by atoms with Crippen LogP contribution in [-0.4, -0.2) is 24.8 Å². The summed E-state index contributed by atoms with van der Waals surface area (Å²) in [7, 11) is 1.73. The normalized spacial score (nSPS) is 12.2. The van der Waals surface area contributed by atoms with Crippen LogP contribution in [0.15, 0.2) is 24.5 Å². The SMILES string of the molecule is C[C@@H](O)c1cc([N+](=O)[O-])ccc1OCc1ncnn1C. The van der Waals surface area contributed by atoms with Gasteiger partial charge in [0.2, 0.25) is 0 Å². The summed E-state index contributed by atoms with van der Waals surface area (Å²) < 4.78 is 7.12. The summed E-state index contributed by atoms with van der Waals surface area (Å²) >= 11 is 0. The zero-order chi connectivity index (χ0) is 14.7. The monoisotopic (exact) mass is 278 g/mol. The van der Waals surface area contributed by atoms with Gasteiger partial charge in [-0.1, -0.05) is 0 Å². The number of aliphatic hydroxyl groups excluding tert-OH is 1. The molecule has 0 aliphatic rings. The highest BCUT2D eigenvalue weighted by molar-refractivity contribution is 5.44. The molecule has 0 saturated heterocycles. The molecular formula is C12H14N4O4. The fourth-order valence-electron chi connectivity index (χ4n) is 1.70. The van der Waals surface area contributed by atoms with Crippen molar-refractivity contribution in [1.82, 2.24) is 14.8 Å². The standard InChI is InChI=1S/C12H14N4O4/c1-8(17)10-5-9(16(18)19)3-4-11(10)20-6-12-13-7-14-15(12)2/h3-5,7-8,17H,6H2,1-2H3/t8-/m1/s1. The van der Waals surface area contributed by atoms with Crippen molar-refractivity contribution in [2.45, 2.75) is 19.6 Å². The van der Waals surface area contributed by atoms with E-state index in [1.165, 1.54) is 31.5 Å². The molecule has 8 heteroatoms. The van der Waals surface area contributed by atoms with Gasteiger partial charge in [-0.25, -0.2) is 4.98 Å². The summed E-state index contributed by atoms with van der Waals surface area (Å²) in [6.45, 7) is 1.68. The highest BCUT2D eigenvalue weighted by atomic mass is 16.6. The van der Waals surface area contributed by atoms with Crippen molar-refractivity contribution in [3.05, 3.63) is 46.0 Å². The van der Waals surface area contributed by atoms with Crippen molar-refractivity contribution in [1.29, 1.82) is 0 Å². The van der Waals surface area contributed by atoms with Crippen molar-refractivity contribution < 1.29 is 14.8 Å². The van der Waals surface area contributed by atoms with Crippen LogP contribution in [0.5, 0.6) is 5.75 Å². The Kier molecular flexibility index (Phi) is 3.94. The van der Waals surface area contributed by atoms with Gasteiger partial charge in [-0.3, -0.25) is 14.8 Å². The number of hydrogen-bond acceptors (Lipinski definition) is 6. The molecule has 0 spiro atoms. The van der Waals surface area contributed by atoms with E-state index in [4.69, 9.17) is 4.74 Å². The first-order valence-electron chi connectivity index (χ1n) is 5.91. The van der Waals surface area contributed by atoms with Gasteiger partial charge in [0, 0.05) is 24.7 Å². The van der Waals surface area contributed by atoms with Crippen molar-refractivity contribution in [2.75, 3.05) is 0 Å². The predicted octanol–water partition coefficient (Wildman–Crippen LogP) is 1.36. The molecule has 0 saturated carbocycles. The molecule has 106 valence electrons. The van der Waals surface area contributed by atoms with E-state index in [1.54, 1.807) is 11.7 Å². The molecule has 1 heterocycles. The van der Waals surface area contributed by atoms with E-state index in [0.29, 0.717) is 17.1 Å². The Labute approximate surface area is 114 Å². The van der Waals surface area contributed by atoms with Crippen LogP contribution in [-0.2, 0) is 13.7 Å². The molecule has 0 amide bonds. The molecule has 8 nitrogen and oxygen atoms in total. The molecule has 2 rings (SSSR count). The topological polar surface area (TPSA) is 103 Å². The maximum absolute atomic E-state index is 10.7. The number of aromatic nitrogens is 3. The number of hydrogen-bond donors (Lipinski definition) is 1. The average molecular weight is 278 g/mol. The summed E-state index contributed by atoms with van der Waals surface area (Å²) in [5.41, 5.74) is 0.272. The third kappa shape index (κ3) is 2.91. The smallest absolute Gasteiger partial charge is 0.270 e. The van der Waals surface area contributed by atoms with Crippen LogP contribution < -0.4 is 4.74 Å². The largest absolute Gasteiger partial charge is 0.485 e. The number of aryl methyl sites for hydroxylation is 1. The maximum atomic E-state index is 10.7. The maximum Gasteiger partial charge on any atom is 0.270 e. The first-order chi connectivity index (χ1) is 9.49. The Morgan fingerprint density at radius 1 is 1.55 bits per heavy atom. The molecule has 0 aliphatic carbocycles. The van der Waals surface area contributed by atoms with Crippen LogP contribution in [0.3, 0.4) is 0 Å². The number of benzene rings is 1. The van der Waals surface area contributed by atoms with Crippen LogP contribution in [0.2, 0.25) is 0 Å². The van der Waals surface area contributed by atoms with E-state index < -0.39 is 11.0 Å². The Hall–Kier alpha value is -2.48. The quantitative estimate of drug-likeness (QED) is 0.654. The Balaban J connectivity index is 2.22. The van der Waals surface area contributed by atoms with Gasteiger partial charge in [-0.2, -0.15) is 5.10 Å². The van der Waals surface area contributed by atoms with Crippen LogP contribution in [0.25, 0.3) is 0 Å². The summed E-state index contributed by atoms with van der Waals surface area (Å²) in [4.78, 5) is 14.2. The molecule has 0 radical (unpaired) electrons. The Bertz CT molecular complexity index is 624. The minimum absolute atomic E-state index is 0.0908.